The average Bonchev–Trinajstić information content (AvgIpc) is 2.94. The first-order chi connectivity index (χ1) is 11.3. The molecule has 0 aromatic carbocycles. The minimum absolute atomic E-state index is 0.0859. The summed E-state index contributed by atoms with van der Waals surface area (Å²) < 4.78 is 13.0. The van der Waals surface area contributed by atoms with Gasteiger partial charge >= 0.3 is 0 Å². The molecule has 8 nitrogen and oxygen atoms in total. The van der Waals surface area contributed by atoms with E-state index < -0.39 is 12.1 Å². The number of likely N-dealkylation sites (N-methyl/N-ethyl adjacent to an activating group) is 1. The van der Waals surface area contributed by atoms with Gasteiger partial charge in [0.1, 0.15) is 6.61 Å². The van der Waals surface area contributed by atoms with Gasteiger partial charge in [0, 0.05) is 38.9 Å². The lowest BCUT2D eigenvalue weighted by molar-refractivity contribution is -0.174. The Hall–Kier alpha value is -1.93. The summed E-state index contributed by atoms with van der Waals surface area (Å²) in [5.74, 6) is -0.255. The van der Waals surface area contributed by atoms with Crippen LogP contribution in [0.5, 0.6) is 0 Å². The normalized spacial score (nSPS) is 27.4. The second-order valence-electron chi connectivity index (χ2n) is 7.00. The van der Waals surface area contributed by atoms with Crippen LogP contribution in [0.3, 0.4) is 0 Å². The van der Waals surface area contributed by atoms with Crippen molar-refractivity contribution in [1.82, 2.24) is 19.6 Å². The largest absolute Gasteiger partial charge is 0.372 e. The van der Waals surface area contributed by atoms with Crippen molar-refractivity contribution in [3.63, 3.8) is 0 Å². The van der Waals surface area contributed by atoms with Crippen molar-refractivity contribution >= 4 is 11.8 Å². The van der Waals surface area contributed by atoms with Crippen LogP contribution < -0.4 is 0 Å². The van der Waals surface area contributed by atoms with Gasteiger partial charge < -0.3 is 19.3 Å². The van der Waals surface area contributed by atoms with Gasteiger partial charge in [-0.25, -0.2) is 0 Å². The van der Waals surface area contributed by atoms with Gasteiger partial charge in [-0.1, -0.05) is 0 Å². The smallest absolute Gasteiger partial charge is 0.254 e. The van der Waals surface area contributed by atoms with E-state index >= 15 is 0 Å². The quantitative estimate of drug-likeness (QED) is 0.757. The van der Waals surface area contributed by atoms with Crippen LogP contribution in [-0.2, 0) is 26.1 Å². The highest BCUT2D eigenvalue weighted by molar-refractivity contribution is 5.86. The molecule has 0 aliphatic carbocycles. The Morgan fingerprint density at radius 2 is 2.12 bits per heavy atom. The number of hydrogen-bond acceptors (Lipinski definition) is 5. The lowest BCUT2D eigenvalue weighted by Crippen LogP contribution is -2.58. The van der Waals surface area contributed by atoms with E-state index in [1.54, 1.807) is 34.8 Å². The highest BCUT2D eigenvalue weighted by atomic mass is 16.5. The van der Waals surface area contributed by atoms with E-state index in [1.807, 2.05) is 20.0 Å². The van der Waals surface area contributed by atoms with Crippen molar-refractivity contribution in [2.24, 2.45) is 7.05 Å². The monoisotopic (exact) mass is 336 g/mol. The van der Waals surface area contributed by atoms with Gasteiger partial charge in [0.05, 0.1) is 24.4 Å². The van der Waals surface area contributed by atoms with Crippen molar-refractivity contribution in [3.8, 4) is 0 Å². The minimum Gasteiger partial charge on any atom is -0.372 e. The Bertz CT molecular complexity index is 642. The molecule has 1 aromatic rings. The Labute approximate surface area is 141 Å². The number of nitrogens with zero attached hydrogens (tertiary/aromatic N) is 4. The SMILES string of the molecule is CN1C(=O)CO[C@@H](C(=O)N2CCOC(C)(C)C2)[C@H]1c1cnn(C)c1. The zero-order chi connectivity index (χ0) is 17.5. The van der Waals surface area contributed by atoms with Gasteiger partial charge in [-0.15, -0.1) is 0 Å². The zero-order valence-corrected chi connectivity index (χ0v) is 14.6. The molecule has 24 heavy (non-hydrogen) atoms. The number of rotatable bonds is 2. The molecule has 0 radical (unpaired) electrons. The first kappa shape index (κ1) is 16.9. The first-order valence-corrected chi connectivity index (χ1v) is 8.07. The number of carbonyl (C=O) groups is 2. The Morgan fingerprint density at radius 3 is 2.75 bits per heavy atom. The van der Waals surface area contributed by atoms with Gasteiger partial charge in [-0.2, -0.15) is 5.10 Å². The second-order valence-corrected chi connectivity index (χ2v) is 7.00. The number of ether oxygens (including phenoxy) is 2. The third-order valence-electron chi connectivity index (χ3n) is 4.53. The molecule has 132 valence electrons. The van der Waals surface area contributed by atoms with Crippen LogP contribution in [0.15, 0.2) is 12.4 Å². The van der Waals surface area contributed by atoms with E-state index in [0.717, 1.165) is 5.56 Å². The summed E-state index contributed by atoms with van der Waals surface area (Å²) in [6.45, 7) is 5.36. The van der Waals surface area contributed by atoms with Crippen LogP contribution in [0.4, 0.5) is 0 Å². The van der Waals surface area contributed by atoms with Crippen molar-refractivity contribution < 1.29 is 19.1 Å². The molecule has 2 amide bonds. The summed E-state index contributed by atoms with van der Waals surface area (Å²) in [6, 6.07) is -0.474. The molecule has 2 fully saturated rings. The minimum atomic E-state index is -0.731. The van der Waals surface area contributed by atoms with Crippen molar-refractivity contribution in [2.75, 3.05) is 33.4 Å². The van der Waals surface area contributed by atoms with Crippen LogP contribution >= 0.6 is 0 Å². The fourth-order valence-corrected chi connectivity index (χ4v) is 3.29. The average molecular weight is 336 g/mol. The van der Waals surface area contributed by atoms with E-state index in [0.29, 0.717) is 19.7 Å². The Balaban J connectivity index is 1.86. The summed E-state index contributed by atoms with van der Waals surface area (Å²) in [7, 11) is 3.50. The van der Waals surface area contributed by atoms with Crippen LogP contribution in [-0.4, -0.2) is 76.5 Å². The molecule has 2 aliphatic heterocycles. The summed E-state index contributed by atoms with van der Waals surface area (Å²) >= 11 is 0. The maximum Gasteiger partial charge on any atom is 0.254 e. The number of carbonyl (C=O) groups excluding carboxylic acids is 2. The van der Waals surface area contributed by atoms with Crippen LogP contribution in [0, 0.1) is 0 Å². The summed E-state index contributed by atoms with van der Waals surface area (Å²) in [4.78, 5) is 28.5. The topological polar surface area (TPSA) is 76.9 Å². The molecule has 0 unspecified atom stereocenters. The third kappa shape index (κ3) is 3.16. The highest BCUT2D eigenvalue weighted by Crippen LogP contribution is 2.31. The van der Waals surface area contributed by atoms with Gasteiger partial charge in [-0.05, 0) is 13.8 Å². The van der Waals surface area contributed by atoms with Crippen molar-refractivity contribution in [2.45, 2.75) is 31.6 Å². The predicted molar refractivity (Wildman–Crippen MR) is 85.1 cm³/mol. The Morgan fingerprint density at radius 1 is 1.38 bits per heavy atom. The molecule has 0 spiro atoms. The molecule has 3 rings (SSSR count). The molecular formula is C16H24N4O4. The Kier molecular flexibility index (Phi) is 4.35. The second kappa shape index (κ2) is 6.18. The van der Waals surface area contributed by atoms with Crippen LogP contribution in [0.25, 0.3) is 0 Å². The third-order valence-corrected chi connectivity index (χ3v) is 4.53. The number of hydrogen-bond donors (Lipinski definition) is 0. The molecule has 3 heterocycles. The number of amides is 2. The fraction of sp³-hybridized carbons (Fsp3) is 0.688. The molecule has 0 N–H and O–H groups in total. The summed E-state index contributed by atoms with van der Waals surface area (Å²) in [5.41, 5.74) is 0.410. The van der Waals surface area contributed by atoms with Crippen LogP contribution in [0.2, 0.25) is 0 Å². The highest BCUT2D eigenvalue weighted by Gasteiger charge is 2.44. The molecule has 1 aromatic heterocycles. The molecule has 2 aliphatic rings. The summed E-state index contributed by atoms with van der Waals surface area (Å²) in [5, 5.41) is 4.16. The van der Waals surface area contributed by atoms with E-state index in [-0.39, 0.29) is 24.0 Å². The van der Waals surface area contributed by atoms with Gasteiger partial charge in [0.15, 0.2) is 6.10 Å². The molecule has 0 saturated carbocycles. The summed E-state index contributed by atoms with van der Waals surface area (Å²) in [6.07, 6.45) is 2.75. The molecule has 2 saturated heterocycles. The van der Waals surface area contributed by atoms with Crippen LogP contribution in [0.1, 0.15) is 25.5 Å². The predicted octanol–water partition coefficient (Wildman–Crippen LogP) is -0.0442. The van der Waals surface area contributed by atoms with E-state index in [2.05, 4.69) is 5.10 Å². The maximum absolute atomic E-state index is 13.1. The zero-order valence-electron chi connectivity index (χ0n) is 14.6. The molecule has 2 atom stereocenters. The van der Waals surface area contributed by atoms with E-state index in [4.69, 9.17) is 9.47 Å². The molecular weight excluding hydrogens is 312 g/mol. The number of aryl methyl sites for hydroxylation is 1. The van der Waals surface area contributed by atoms with Crippen molar-refractivity contribution in [1.29, 1.82) is 0 Å². The van der Waals surface area contributed by atoms with Gasteiger partial charge in [-0.3, -0.25) is 14.3 Å². The maximum atomic E-state index is 13.1. The van der Waals surface area contributed by atoms with E-state index in [9.17, 15) is 9.59 Å². The number of morpholine rings is 2. The van der Waals surface area contributed by atoms with E-state index in [1.165, 1.54) is 0 Å². The number of aromatic nitrogens is 2. The lowest BCUT2D eigenvalue weighted by atomic mass is 9.99. The van der Waals surface area contributed by atoms with Gasteiger partial charge in [0.2, 0.25) is 5.91 Å². The lowest BCUT2D eigenvalue weighted by Gasteiger charge is -2.43. The first-order valence-electron chi connectivity index (χ1n) is 8.07. The standard InChI is InChI=1S/C16H24N4O4/c1-16(2)10-20(5-6-24-16)15(22)14-13(11-7-17-18(3)8-11)19(4)12(21)9-23-14/h7-8,13-14H,5-6,9-10H2,1-4H3/t13-,14-/m1/s1. The fourth-order valence-electron chi connectivity index (χ4n) is 3.29. The molecule has 0 bridgehead atoms. The van der Waals surface area contributed by atoms with Crippen molar-refractivity contribution in [3.05, 3.63) is 18.0 Å². The van der Waals surface area contributed by atoms with Gasteiger partial charge in [0.25, 0.3) is 5.91 Å². The molecule has 8 heteroatoms.